The first-order valence-corrected chi connectivity index (χ1v) is 7.51. The number of carbonyl (C=O) groups excluding carboxylic acids is 1. The zero-order chi connectivity index (χ0) is 15.7. The van der Waals surface area contributed by atoms with Crippen LogP contribution in [0.2, 0.25) is 5.02 Å². The van der Waals surface area contributed by atoms with Gasteiger partial charge in [-0.2, -0.15) is 4.98 Å². The van der Waals surface area contributed by atoms with Gasteiger partial charge in [0.05, 0.1) is 11.2 Å². The first-order chi connectivity index (χ1) is 10.5. The molecule has 0 aromatic carbocycles. The van der Waals surface area contributed by atoms with Gasteiger partial charge in [0.2, 0.25) is 5.89 Å². The van der Waals surface area contributed by atoms with Crippen LogP contribution in [0.15, 0.2) is 10.7 Å². The highest BCUT2D eigenvalue weighted by Crippen LogP contribution is 2.26. The molecule has 1 saturated heterocycles. The lowest BCUT2D eigenvalue weighted by molar-refractivity contribution is 0.0697. The number of aryl methyl sites for hydroxylation is 2. The van der Waals surface area contributed by atoms with E-state index in [0.717, 1.165) is 12.8 Å². The number of aromatic nitrogens is 4. The average Bonchev–Trinajstić information content (AvgIpc) is 2.96. The number of likely N-dealkylation sites (tertiary alicyclic amines) is 1. The molecule has 2 aromatic heterocycles. The molecule has 0 radical (unpaired) electrons. The van der Waals surface area contributed by atoms with Crippen LogP contribution < -0.4 is 0 Å². The van der Waals surface area contributed by atoms with E-state index in [-0.39, 0.29) is 22.5 Å². The summed E-state index contributed by atoms with van der Waals surface area (Å²) in [6.45, 7) is 4.70. The van der Waals surface area contributed by atoms with Crippen molar-refractivity contribution in [3.63, 3.8) is 0 Å². The lowest BCUT2D eigenvalue weighted by Crippen LogP contribution is -2.40. The Bertz CT molecular complexity index is 702. The predicted octanol–water partition coefficient (Wildman–Crippen LogP) is 2.15. The van der Waals surface area contributed by atoms with Crippen molar-refractivity contribution in [2.45, 2.75) is 32.6 Å². The van der Waals surface area contributed by atoms with Gasteiger partial charge in [-0.1, -0.05) is 16.8 Å². The minimum atomic E-state index is -0.180. The van der Waals surface area contributed by atoms with E-state index in [1.807, 2.05) is 0 Å². The normalized spacial score (nSPS) is 18.5. The molecule has 2 aromatic rings. The third kappa shape index (κ3) is 2.94. The van der Waals surface area contributed by atoms with E-state index in [4.69, 9.17) is 16.1 Å². The molecule has 0 bridgehead atoms. The highest BCUT2D eigenvalue weighted by molar-refractivity contribution is 6.33. The molecule has 1 aliphatic heterocycles. The molecule has 0 aliphatic carbocycles. The fourth-order valence-corrected chi connectivity index (χ4v) is 2.78. The van der Waals surface area contributed by atoms with Crippen molar-refractivity contribution in [1.82, 2.24) is 25.0 Å². The van der Waals surface area contributed by atoms with Gasteiger partial charge in [-0.05, 0) is 19.8 Å². The standard InChI is InChI=1S/C14H16ClN5O2/c1-8-16-6-11(15)12(17-8)14(21)20-5-3-4-10(7-20)13-18-9(2)22-19-13/h6,10H,3-5,7H2,1-2H3. The summed E-state index contributed by atoms with van der Waals surface area (Å²) in [5.41, 5.74) is 0.249. The Hall–Kier alpha value is -2.02. The molecule has 1 amide bonds. The zero-order valence-corrected chi connectivity index (χ0v) is 13.2. The topological polar surface area (TPSA) is 85.0 Å². The summed E-state index contributed by atoms with van der Waals surface area (Å²) in [4.78, 5) is 26.8. The van der Waals surface area contributed by atoms with Crippen molar-refractivity contribution in [2.24, 2.45) is 0 Å². The second-order valence-electron chi connectivity index (χ2n) is 5.38. The quantitative estimate of drug-likeness (QED) is 0.842. The summed E-state index contributed by atoms with van der Waals surface area (Å²) in [6, 6.07) is 0. The van der Waals surface area contributed by atoms with Crippen molar-refractivity contribution in [1.29, 1.82) is 0 Å². The average molecular weight is 322 g/mol. The van der Waals surface area contributed by atoms with Gasteiger partial charge in [0.1, 0.15) is 5.82 Å². The molecule has 3 heterocycles. The number of rotatable bonds is 2. The molecule has 116 valence electrons. The van der Waals surface area contributed by atoms with Crippen LogP contribution in [0.25, 0.3) is 0 Å². The maximum absolute atomic E-state index is 12.6. The second kappa shape index (κ2) is 6.00. The van der Waals surface area contributed by atoms with Crippen LogP contribution >= 0.6 is 11.6 Å². The molecule has 1 fully saturated rings. The van der Waals surface area contributed by atoms with Crippen molar-refractivity contribution in [3.05, 3.63) is 34.5 Å². The van der Waals surface area contributed by atoms with Gasteiger partial charge in [-0.3, -0.25) is 4.79 Å². The van der Waals surface area contributed by atoms with Gasteiger partial charge < -0.3 is 9.42 Å². The molecule has 0 saturated carbocycles. The molecule has 1 atom stereocenters. The van der Waals surface area contributed by atoms with Crippen molar-refractivity contribution in [2.75, 3.05) is 13.1 Å². The Kier molecular flexibility index (Phi) is 4.06. The fourth-order valence-electron chi connectivity index (χ4n) is 2.61. The Morgan fingerprint density at radius 3 is 2.95 bits per heavy atom. The summed E-state index contributed by atoms with van der Waals surface area (Å²) in [6.07, 6.45) is 3.27. The third-order valence-corrected chi connectivity index (χ3v) is 3.96. The molecule has 1 aliphatic rings. The Morgan fingerprint density at radius 1 is 1.41 bits per heavy atom. The van der Waals surface area contributed by atoms with Crippen LogP contribution in [0.5, 0.6) is 0 Å². The molecule has 0 N–H and O–H groups in total. The number of hydrogen-bond donors (Lipinski definition) is 0. The van der Waals surface area contributed by atoms with Crippen LogP contribution in [0, 0.1) is 13.8 Å². The highest BCUT2D eigenvalue weighted by Gasteiger charge is 2.29. The molecular formula is C14H16ClN5O2. The van der Waals surface area contributed by atoms with Gasteiger partial charge >= 0.3 is 0 Å². The van der Waals surface area contributed by atoms with E-state index in [2.05, 4.69) is 20.1 Å². The zero-order valence-electron chi connectivity index (χ0n) is 12.4. The number of piperidine rings is 1. The molecule has 7 nitrogen and oxygen atoms in total. The first-order valence-electron chi connectivity index (χ1n) is 7.13. The summed E-state index contributed by atoms with van der Waals surface area (Å²) in [5.74, 6) is 1.61. The number of nitrogens with zero attached hydrogens (tertiary/aromatic N) is 5. The predicted molar refractivity (Wildman–Crippen MR) is 78.7 cm³/mol. The van der Waals surface area contributed by atoms with Crippen LogP contribution in [0.3, 0.4) is 0 Å². The van der Waals surface area contributed by atoms with Crippen molar-refractivity contribution >= 4 is 17.5 Å². The van der Waals surface area contributed by atoms with Crippen molar-refractivity contribution in [3.8, 4) is 0 Å². The SMILES string of the molecule is Cc1ncc(Cl)c(C(=O)N2CCCC(c3noc(C)n3)C2)n1. The van der Waals surface area contributed by atoms with Crippen LogP contribution in [-0.2, 0) is 0 Å². The largest absolute Gasteiger partial charge is 0.340 e. The van der Waals surface area contributed by atoms with E-state index < -0.39 is 0 Å². The highest BCUT2D eigenvalue weighted by atomic mass is 35.5. The minimum absolute atomic E-state index is 0.0804. The summed E-state index contributed by atoms with van der Waals surface area (Å²) < 4.78 is 5.03. The van der Waals surface area contributed by atoms with Crippen LogP contribution in [0.1, 0.15) is 46.8 Å². The van der Waals surface area contributed by atoms with E-state index in [1.54, 1.807) is 18.7 Å². The smallest absolute Gasteiger partial charge is 0.274 e. The van der Waals surface area contributed by atoms with E-state index in [9.17, 15) is 4.79 Å². The maximum atomic E-state index is 12.6. The van der Waals surface area contributed by atoms with Gasteiger partial charge in [0, 0.05) is 25.9 Å². The molecule has 8 heteroatoms. The van der Waals surface area contributed by atoms with Gasteiger partial charge in [-0.15, -0.1) is 0 Å². The molecule has 1 unspecified atom stereocenters. The molecule has 3 rings (SSSR count). The summed E-state index contributed by atoms with van der Waals surface area (Å²) in [7, 11) is 0. The lowest BCUT2D eigenvalue weighted by atomic mass is 9.97. The first kappa shape index (κ1) is 14.9. The van der Waals surface area contributed by atoms with E-state index >= 15 is 0 Å². The lowest BCUT2D eigenvalue weighted by Gasteiger charge is -2.31. The summed E-state index contributed by atoms with van der Waals surface area (Å²) >= 11 is 6.05. The van der Waals surface area contributed by atoms with Crippen LogP contribution in [0.4, 0.5) is 0 Å². The van der Waals surface area contributed by atoms with Gasteiger partial charge in [-0.25, -0.2) is 9.97 Å². The second-order valence-corrected chi connectivity index (χ2v) is 5.78. The number of halogens is 1. The molecule has 0 spiro atoms. The van der Waals surface area contributed by atoms with E-state index in [1.165, 1.54) is 6.20 Å². The van der Waals surface area contributed by atoms with E-state index in [0.29, 0.717) is 30.6 Å². The number of amides is 1. The maximum Gasteiger partial charge on any atom is 0.274 e. The molecular weight excluding hydrogens is 306 g/mol. The molecule has 22 heavy (non-hydrogen) atoms. The van der Waals surface area contributed by atoms with Gasteiger partial charge in [0.15, 0.2) is 11.5 Å². The third-order valence-electron chi connectivity index (χ3n) is 3.68. The Labute approximate surface area is 132 Å². The Morgan fingerprint density at radius 2 is 2.23 bits per heavy atom. The van der Waals surface area contributed by atoms with Gasteiger partial charge in [0.25, 0.3) is 5.91 Å². The van der Waals surface area contributed by atoms with Crippen molar-refractivity contribution < 1.29 is 9.32 Å². The number of carbonyl (C=O) groups is 1. The fraction of sp³-hybridized carbons (Fsp3) is 0.500. The summed E-state index contributed by atoms with van der Waals surface area (Å²) in [5, 5.41) is 4.23. The monoisotopic (exact) mass is 321 g/mol. The van der Waals surface area contributed by atoms with Crippen LogP contribution in [-0.4, -0.2) is 44.0 Å². The minimum Gasteiger partial charge on any atom is -0.340 e. The number of hydrogen-bond acceptors (Lipinski definition) is 6. The Balaban J connectivity index is 1.79.